The van der Waals surface area contributed by atoms with Gasteiger partial charge < -0.3 is 24.4 Å². The van der Waals surface area contributed by atoms with Crippen molar-refractivity contribution in [2.45, 2.75) is 25.3 Å². The van der Waals surface area contributed by atoms with E-state index in [2.05, 4.69) is 0 Å². The fourth-order valence-corrected chi connectivity index (χ4v) is 3.84. The third kappa shape index (κ3) is 2.85. The summed E-state index contributed by atoms with van der Waals surface area (Å²) in [6, 6.07) is 4.50. The van der Waals surface area contributed by atoms with E-state index in [1.807, 2.05) is 0 Å². The van der Waals surface area contributed by atoms with Crippen LogP contribution in [0.2, 0.25) is 0 Å². The van der Waals surface area contributed by atoms with Crippen LogP contribution in [0.15, 0.2) is 18.2 Å². The van der Waals surface area contributed by atoms with Crippen LogP contribution in [0.1, 0.15) is 19.3 Å². The molecular formula is C18H20N2O6. The Hall–Kier alpha value is -2.77. The van der Waals surface area contributed by atoms with Crippen LogP contribution in [-0.2, 0) is 14.4 Å². The number of carboxylic acid groups (broad SMARTS) is 1. The molecule has 2 saturated heterocycles. The number of hydrogen-bond acceptors (Lipinski definition) is 5. The van der Waals surface area contributed by atoms with Crippen molar-refractivity contribution in [1.29, 1.82) is 0 Å². The molecule has 0 unspecified atom stereocenters. The monoisotopic (exact) mass is 360 g/mol. The molecule has 8 nitrogen and oxygen atoms in total. The topological polar surface area (TPSA) is 96.4 Å². The van der Waals surface area contributed by atoms with Gasteiger partial charge >= 0.3 is 5.97 Å². The highest BCUT2D eigenvalue weighted by Crippen LogP contribution is 2.36. The van der Waals surface area contributed by atoms with E-state index in [0.29, 0.717) is 49.8 Å². The van der Waals surface area contributed by atoms with Crippen LogP contribution in [-0.4, -0.2) is 60.1 Å². The lowest BCUT2D eigenvalue weighted by Crippen LogP contribution is -2.44. The Labute approximate surface area is 150 Å². The van der Waals surface area contributed by atoms with Gasteiger partial charge in [-0.05, 0) is 25.0 Å². The Balaban J connectivity index is 1.50. The van der Waals surface area contributed by atoms with E-state index in [9.17, 15) is 19.5 Å². The number of carboxylic acids is 1. The fraction of sp³-hybridized carbons (Fsp3) is 0.500. The number of fused-ring (bicyclic) bond motifs is 1. The summed E-state index contributed by atoms with van der Waals surface area (Å²) in [6.45, 7) is 1.63. The molecule has 3 aliphatic heterocycles. The van der Waals surface area contributed by atoms with Gasteiger partial charge in [0, 0.05) is 31.3 Å². The molecule has 1 N–H and O–H groups in total. The number of anilines is 1. The van der Waals surface area contributed by atoms with Crippen molar-refractivity contribution in [3.8, 4) is 11.5 Å². The predicted molar refractivity (Wildman–Crippen MR) is 90.3 cm³/mol. The lowest BCUT2D eigenvalue weighted by atomic mass is 10.1. The zero-order chi connectivity index (χ0) is 18.3. The van der Waals surface area contributed by atoms with Gasteiger partial charge in [-0.15, -0.1) is 0 Å². The van der Waals surface area contributed by atoms with Gasteiger partial charge in [0.2, 0.25) is 11.8 Å². The molecule has 1 aromatic carbocycles. The highest BCUT2D eigenvalue weighted by molar-refractivity contribution is 6.01. The minimum absolute atomic E-state index is 0.0934. The molecule has 0 spiro atoms. The lowest BCUT2D eigenvalue weighted by Gasteiger charge is -2.25. The molecule has 0 aliphatic carbocycles. The maximum absolute atomic E-state index is 12.8. The third-order valence-electron chi connectivity index (χ3n) is 5.13. The first kappa shape index (κ1) is 16.7. The second-order valence-corrected chi connectivity index (χ2v) is 6.76. The molecule has 138 valence electrons. The second kappa shape index (κ2) is 6.51. The minimum atomic E-state index is -0.983. The van der Waals surface area contributed by atoms with E-state index >= 15 is 0 Å². The molecule has 2 fully saturated rings. The number of nitrogens with zero attached hydrogens (tertiary/aromatic N) is 2. The Morgan fingerprint density at radius 3 is 2.69 bits per heavy atom. The average molecular weight is 360 g/mol. The molecule has 3 aliphatic rings. The van der Waals surface area contributed by atoms with Crippen LogP contribution in [0.5, 0.6) is 11.5 Å². The molecule has 2 amide bonds. The second-order valence-electron chi connectivity index (χ2n) is 6.76. The summed E-state index contributed by atoms with van der Waals surface area (Å²) in [5, 5.41) is 9.27. The Kier molecular flexibility index (Phi) is 4.18. The largest absolute Gasteiger partial charge is 0.486 e. The summed E-state index contributed by atoms with van der Waals surface area (Å²) in [7, 11) is 0. The maximum atomic E-state index is 12.8. The number of amides is 2. The molecule has 0 saturated carbocycles. The summed E-state index contributed by atoms with van der Waals surface area (Å²) >= 11 is 0. The van der Waals surface area contributed by atoms with Crippen molar-refractivity contribution in [3.63, 3.8) is 0 Å². The molecule has 2 atom stereocenters. The van der Waals surface area contributed by atoms with Gasteiger partial charge in [0.15, 0.2) is 11.5 Å². The SMILES string of the molecule is O=C(O)[C@@H]1CCCN1C(=O)[C@@H]1CC(=O)N(c2ccc3c(c2)OCCO3)C1. The van der Waals surface area contributed by atoms with E-state index in [4.69, 9.17) is 9.47 Å². The summed E-state index contributed by atoms with van der Waals surface area (Å²) in [5.74, 6) is -0.670. The number of hydrogen-bond donors (Lipinski definition) is 1. The van der Waals surface area contributed by atoms with Crippen LogP contribution in [0, 0.1) is 5.92 Å². The molecule has 0 aromatic heterocycles. The Morgan fingerprint density at radius 1 is 1.15 bits per heavy atom. The number of rotatable bonds is 3. The number of carbonyl (C=O) groups excluding carboxylic acids is 2. The van der Waals surface area contributed by atoms with E-state index < -0.39 is 17.9 Å². The number of ether oxygens (including phenoxy) is 2. The van der Waals surface area contributed by atoms with E-state index in [0.717, 1.165) is 0 Å². The number of aliphatic carboxylic acids is 1. The van der Waals surface area contributed by atoms with Crippen molar-refractivity contribution in [2.75, 3.05) is 31.2 Å². The summed E-state index contributed by atoms with van der Waals surface area (Å²) in [5.41, 5.74) is 0.658. The highest BCUT2D eigenvalue weighted by atomic mass is 16.6. The van der Waals surface area contributed by atoms with Gasteiger partial charge in [-0.1, -0.05) is 0 Å². The summed E-state index contributed by atoms with van der Waals surface area (Å²) in [6.07, 6.45) is 1.24. The van der Waals surface area contributed by atoms with Crippen LogP contribution >= 0.6 is 0 Å². The van der Waals surface area contributed by atoms with Crippen LogP contribution in [0.25, 0.3) is 0 Å². The minimum Gasteiger partial charge on any atom is -0.486 e. The Bertz CT molecular complexity index is 764. The van der Waals surface area contributed by atoms with Gasteiger partial charge in [0.25, 0.3) is 0 Å². The number of likely N-dealkylation sites (tertiary alicyclic amines) is 1. The molecule has 0 radical (unpaired) electrons. The van der Waals surface area contributed by atoms with E-state index in [1.54, 1.807) is 23.1 Å². The summed E-state index contributed by atoms with van der Waals surface area (Å²) < 4.78 is 11.0. The highest BCUT2D eigenvalue weighted by Gasteiger charge is 2.42. The summed E-state index contributed by atoms with van der Waals surface area (Å²) in [4.78, 5) is 39.5. The smallest absolute Gasteiger partial charge is 0.326 e. The van der Waals surface area contributed by atoms with Crippen LogP contribution in [0.3, 0.4) is 0 Å². The van der Waals surface area contributed by atoms with Crippen molar-refractivity contribution in [3.05, 3.63) is 18.2 Å². The van der Waals surface area contributed by atoms with Crippen molar-refractivity contribution < 1.29 is 29.0 Å². The molecule has 1 aromatic rings. The van der Waals surface area contributed by atoms with Crippen molar-refractivity contribution in [2.24, 2.45) is 5.92 Å². The lowest BCUT2D eigenvalue weighted by molar-refractivity contribution is -0.149. The quantitative estimate of drug-likeness (QED) is 0.860. The zero-order valence-corrected chi connectivity index (χ0v) is 14.2. The van der Waals surface area contributed by atoms with Gasteiger partial charge in [-0.2, -0.15) is 0 Å². The molecule has 8 heteroatoms. The first-order valence-corrected chi connectivity index (χ1v) is 8.78. The van der Waals surface area contributed by atoms with E-state index in [1.165, 1.54) is 4.90 Å². The zero-order valence-electron chi connectivity index (χ0n) is 14.2. The molecule has 3 heterocycles. The first-order chi connectivity index (χ1) is 12.5. The number of carbonyl (C=O) groups is 3. The maximum Gasteiger partial charge on any atom is 0.326 e. The predicted octanol–water partition coefficient (Wildman–Crippen LogP) is 0.886. The van der Waals surface area contributed by atoms with Crippen molar-refractivity contribution >= 4 is 23.5 Å². The third-order valence-corrected chi connectivity index (χ3v) is 5.13. The normalized spacial score (nSPS) is 24.8. The first-order valence-electron chi connectivity index (χ1n) is 8.78. The average Bonchev–Trinajstić information content (AvgIpc) is 3.27. The van der Waals surface area contributed by atoms with Gasteiger partial charge in [-0.25, -0.2) is 4.79 Å². The van der Waals surface area contributed by atoms with Crippen LogP contribution in [0.4, 0.5) is 5.69 Å². The molecule has 26 heavy (non-hydrogen) atoms. The number of benzene rings is 1. The van der Waals surface area contributed by atoms with E-state index in [-0.39, 0.29) is 24.8 Å². The Morgan fingerprint density at radius 2 is 1.92 bits per heavy atom. The van der Waals surface area contributed by atoms with Gasteiger partial charge in [0.05, 0.1) is 5.92 Å². The molecule has 4 rings (SSSR count). The standard InChI is InChI=1S/C18H20N2O6/c21-16-8-11(17(22)19-5-1-2-13(19)18(23)24)10-20(16)12-3-4-14-15(9-12)26-7-6-25-14/h3-4,9,11,13H,1-2,5-8,10H2,(H,23,24)/t11-,13+/m1/s1. The van der Waals surface area contributed by atoms with Crippen molar-refractivity contribution in [1.82, 2.24) is 4.90 Å². The molecule has 0 bridgehead atoms. The van der Waals surface area contributed by atoms with Gasteiger partial charge in [-0.3, -0.25) is 9.59 Å². The van der Waals surface area contributed by atoms with Gasteiger partial charge in [0.1, 0.15) is 19.3 Å². The van der Waals surface area contributed by atoms with Crippen LogP contribution < -0.4 is 14.4 Å². The molecular weight excluding hydrogens is 340 g/mol. The fourth-order valence-electron chi connectivity index (χ4n) is 3.84.